The minimum atomic E-state index is -0.256. The number of ether oxygens (including phenoxy) is 3. The predicted octanol–water partition coefficient (Wildman–Crippen LogP) is 3.53. The van der Waals surface area contributed by atoms with Crippen LogP contribution in [0.3, 0.4) is 0 Å². The molecular formula is C22H25ClN2O5. The van der Waals surface area contributed by atoms with E-state index in [4.69, 9.17) is 30.6 Å². The molecule has 2 aromatic rings. The Morgan fingerprint density at radius 1 is 1.17 bits per heavy atom. The maximum absolute atomic E-state index is 12.6. The summed E-state index contributed by atoms with van der Waals surface area (Å²) in [5.74, 6) is 1.15. The summed E-state index contributed by atoms with van der Waals surface area (Å²) < 4.78 is 15.7. The number of oxime groups is 1. The number of amides is 1. The Bertz CT molecular complexity index is 918. The van der Waals surface area contributed by atoms with Crippen LogP contribution in [0, 0.1) is 0 Å². The second kappa shape index (κ2) is 10.3. The Kier molecular flexibility index (Phi) is 7.54. The molecule has 0 radical (unpaired) electrons. The van der Waals surface area contributed by atoms with Gasteiger partial charge in [0.1, 0.15) is 6.61 Å². The van der Waals surface area contributed by atoms with Gasteiger partial charge in [0.15, 0.2) is 17.6 Å². The van der Waals surface area contributed by atoms with Gasteiger partial charge in [-0.15, -0.1) is 0 Å². The highest BCUT2D eigenvalue weighted by Gasteiger charge is 2.27. The third kappa shape index (κ3) is 5.43. The van der Waals surface area contributed by atoms with Crippen molar-refractivity contribution in [3.63, 3.8) is 0 Å². The van der Waals surface area contributed by atoms with Crippen LogP contribution in [0.15, 0.2) is 47.6 Å². The fourth-order valence-electron chi connectivity index (χ4n) is 3.28. The van der Waals surface area contributed by atoms with Crippen LogP contribution in [0.2, 0.25) is 5.02 Å². The Morgan fingerprint density at radius 2 is 1.97 bits per heavy atom. The number of rotatable bonds is 9. The monoisotopic (exact) mass is 432 g/mol. The van der Waals surface area contributed by atoms with Crippen LogP contribution in [-0.2, 0) is 20.9 Å². The molecule has 1 atom stereocenters. The molecule has 7 nitrogen and oxygen atoms in total. The molecule has 0 fully saturated rings. The summed E-state index contributed by atoms with van der Waals surface area (Å²) in [5.41, 5.74) is 2.62. The summed E-state index contributed by atoms with van der Waals surface area (Å²) in [4.78, 5) is 19.9. The average molecular weight is 433 g/mol. The number of methoxy groups -OCH3 is 3. The van der Waals surface area contributed by atoms with E-state index in [1.54, 1.807) is 25.2 Å². The van der Waals surface area contributed by atoms with Crippen molar-refractivity contribution in [2.24, 2.45) is 5.16 Å². The quantitative estimate of drug-likeness (QED) is 0.606. The van der Waals surface area contributed by atoms with Gasteiger partial charge in [0.2, 0.25) is 5.91 Å². The maximum Gasteiger partial charge on any atom is 0.248 e. The van der Waals surface area contributed by atoms with Crippen molar-refractivity contribution in [3.05, 3.63) is 58.6 Å². The van der Waals surface area contributed by atoms with E-state index < -0.39 is 0 Å². The molecule has 0 spiro atoms. The lowest BCUT2D eigenvalue weighted by Crippen LogP contribution is -2.39. The standard InChI is InChI=1S/C22H25ClN2O5/c1-27-14-22(26)25(12-15-5-4-6-17(23)9-15)13-18-11-19(24-30-18)16-7-8-20(28-2)21(10-16)29-3/h4-10,18H,11-14H2,1-3H3/t18-/m1/s1. The van der Waals surface area contributed by atoms with E-state index in [1.807, 2.05) is 36.4 Å². The molecule has 0 bridgehead atoms. The van der Waals surface area contributed by atoms with Crippen molar-refractivity contribution < 1.29 is 23.8 Å². The predicted molar refractivity (Wildman–Crippen MR) is 114 cm³/mol. The summed E-state index contributed by atoms with van der Waals surface area (Å²) in [6.45, 7) is 0.792. The normalized spacial score (nSPS) is 15.3. The van der Waals surface area contributed by atoms with Crippen LogP contribution in [0.1, 0.15) is 17.5 Å². The van der Waals surface area contributed by atoms with Crippen LogP contribution < -0.4 is 9.47 Å². The van der Waals surface area contributed by atoms with E-state index >= 15 is 0 Å². The molecular weight excluding hydrogens is 408 g/mol. The van der Waals surface area contributed by atoms with Crippen molar-refractivity contribution in [2.75, 3.05) is 34.5 Å². The summed E-state index contributed by atoms with van der Waals surface area (Å²) in [6.07, 6.45) is 0.315. The zero-order chi connectivity index (χ0) is 21.5. The molecule has 1 amide bonds. The molecule has 0 saturated carbocycles. The molecule has 0 N–H and O–H groups in total. The van der Waals surface area contributed by atoms with Crippen LogP contribution in [0.4, 0.5) is 0 Å². The van der Waals surface area contributed by atoms with Gasteiger partial charge in [0.05, 0.1) is 26.5 Å². The third-order valence-electron chi connectivity index (χ3n) is 4.76. The van der Waals surface area contributed by atoms with Gasteiger partial charge in [0, 0.05) is 30.7 Å². The van der Waals surface area contributed by atoms with E-state index in [2.05, 4.69) is 5.16 Å². The molecule has 30 heavy (non-hydrogen) atoms. The van der Waals surface area contributed by atoms with Crippen molar-refractivity contribution in [1.82, 2.24) is 4.90 Å². The topological polar surface area (TPSA) is 69.6 Å². The van der Waals surface area contributed by atoms with Gasteiger partial charge in [-0.1, -0.05) is 28.9 Å². The molecule has 0 aromatic heterocycles. The Labute approximate surface area is 181 Å². The van der Waals surface area contributed by atoms with E-state index in [0.29, 0.717) is 36.0 Å². The fourth-order valence-corrected chi connectivity index (χ4v) is 3.50. The summed E-state index contributed by atoms with van der Waals surface area (Å²) in [5, 5.41) is 4.86. The van der Waals surface area contributed by atoms with Crippen molar-refractivity contribution in [2.45, 2.75) is 19.1 Å². The SMILES string of the molecule is COCC(=O)N(Cc1cccc(Cl)c1)C[C@H]1CC(c2ccc(OC)c(OC)c2)=NO1. The molecule has 0 saturated heterocycles. The molecule has 0 aliphatic carbocycles. The first-order valence-corrected chi connectivity index (χ1v) is 9.88. The van der Waals surface area contributed by atoms with E-state index in [1.165, 1.54) is 7.11 Å². The zero-order valence-electron chi connectivity index (χ0n) is 17.3. The maximum atomic E-state index is 12.6. The highest BCUT2D eigenvalue weighted by atomic mass is 35.5. The highest BCUT2D eigenvalue weighted by Crippen LogP contribution is 2.29. The number of carbonyl (C=O) groups is 1. The molecule has 3 rings (SSSR count). The average Bonchev–Trinajstić information content (AvgIpc) is 3.21. The van der Waals surface area contributed by atoms with Gasteiger partial charge in [-0.2, -0.15) is 0 Å². The van der Waals surface area contributed by atoms with Crippen LogP contribution in [0.5, 0.6) is 11.5 Å². The number of halogens is 1. The lowest BCUT2D eigenvalue weighted by atomic mass is 10.0. The molecule has 8 heteroatoms. The van der Waals surface area contributed by atoms with E-state index in [9.17, 15) is 4.79 Å². The van der Waals surface area contributed by atoms with Crippen molar-refractivity contribution in [3.8, 4) is 11.5 Å². The molecule has 0 unspecified atom stereocenters. The van der Waals surface area contributed by atoms with Crippen LogP contribution >= 0.6 is 11.6 Å². The van der Waals surface area contributed by atoms with Crippen LogP contribution in [0.25, 0.3) is 0 Å². The fraction of sp³-hybridized carbons (Fsp3) is 0.364. The minimum absolute atomic E-state index is 0.00329. The molecule has 1 aliphatic rings. The number of benzene rings is 2. The van der Waals surface area contributed by atoms with Gasteiger partial charge in [0.25, 0.3) is 0 Å². The van der Waals surface area contributed by atoms with Gasteiger partial charge in [-0.05, 0) is 35.9 Å². The number of hydrogen-bond donors (Lipinski definition) is 0. The molecule has 1 aliphatic heterocycles. The second-order valence-corrected chi connectivity index (χ2v) is 7.31. The molecule has 2 aromatic carbocycles. The Morgan fingerprint density at radius 3 is 2.67 bits per heavy atom. The summed E-state index contributed by atoms with van der Waals surface area (Å²) in [6, 6.07) is 13.0. The first-order chi connectivity index (χ1) is 14.5. The van der Waals surface area contributed by atoms with Gasteiger partial charge >= 0.3 is 0 Å². The van der Waals surface area contributed by atoms with E-state index in [-0.39, 0.29) is 18.6 Å². The lowest BCUT2D eigenvalue weighted by Gasteiger charge is -2.25. The first-order valence-electron chi connectivity index (χ1n) is 9.50. The zero-order valence-corrected chi connectivity index (χ0v) is 18.0. The highest BCUT2D eigenvalue weighted by molar-refractivity contribution is 6.30. The number of carbonyl (C=O) groups excluding carboxylic acids is 1. The molecule has 160 valence electrons. The first kappa shape index (κ1) is 21.9. The Balaban J connectivity index is 1.68. The van der Waals surface area contributed by atoms with Crippen molar-refractivity contribution >= 4 is 23.2 Å². The van der Waals surface area contributed by atoms with E-state index in [0.717, 1.165) is 16.8 Å². The summed E-state index contributed by atoms with van der Waals surface area (Å²) >= 11 is 6.08. The minimum Gasteiger partial charge on any atom is -0.493 e. The summed E-state index contributed by atoms with van der Waals surface area (Å²) in [7, 11) is 4.68. The van der Waals surface area contributed by atoms with Gasteiger partial charge < -0.3 is 23.9 Å². The third-order valence-corrected chi connectivity index (χ3v) is 4.99. The van der Waals surface area contributed by atoms with Gasteiger partial charge in [-0.3, -0.25) is 4.79 Å². The smallest absolute Gasteiger partial charge is 0.248 e. The number of hydrogen-bond acceptors (Lipinski definition) is 6. The second-order valence-electron chi connectivity index (χ2n) is 6.88. The number of nitrogens with zero attached hydrogens (tertiary/aromatic N) is 2. The Hall–Kier alpha value is -2.77. The van der Waals surface area contributed by atoms with Gasteiger partial charge in [-0.25, -0.2) is 0 Å². The largest absolute Gasteiger partial charge is 0.493 e. The van der Waals surface area contributed by atoms with Crippen LogP contribution in [-0.4, -0.2) is 57.1 Å². The molecule has 1 heterocycles. The van der Waals surface area contributed by atoms with Crippen molar-refractivity contribution in [1.29, 1.82) is 0 Å². The lowest BCUT2D eigenvalue weighted by molar-refractivity contribution is -0.137.